The van der Waals surface area contributed by atoms with Crippen molar-refractivity contribution < 1.29 is 4.74 Å². The Bertz CT molecular complexity index is 302. The van der Waals surface area contributed by atoms with E-state index in [9.17, 15) is 0 Å². The zero-order valence-corrected chi connectivity index (χ0v) is 10.5. The minimum Gasteiger partial charge on any atom is -0.493 e. The van der Waals surface area contributed by atoms with E-state index in [2.05, 4.69) is 24.1 Å². The van der Waals surface area contributed by atoms with Gasteiger partial charge < -0.3 is 10.1 Å². The van der Waals surface area contributed by atoms with Crippen LogP contribution in [0.25, 0.3) is 0 Å². The number of methoxy groups -OCH3 is 1. The second kappa shape index (κ2) is 7.09. The Morgan fingerprint density at radius 2 is 2.25 bits per heavy atom. The summed E-state index contributed by atoms with van der Waals surface area (Å²) in [4.78, 5) is 4.28. The van der Waals surface area contributed by atoms with Crippen molar-refractivity contribution in [2.45, 2.75) is 45.6 Å². The average molecular weight is 222 g/mol. The molecule has 1 heterocycles. The third kappa shape index (κ3) is 4.09. The fraction of sp³-hybridized carbons (Fsp3) is 0.615. The van der Waals surface area contributed by atoms with Gasteiger partial charge in [0.15, 0.2) is 11.6 Å². The number of anilines is 1. The van der Waals surface area contributed by atoms with Crippen molar-refractivity contribution in [3.63, 3.8) is 0 Å². The summed E-state index contributed by atoms with van der Waals surface area (Å²) in [6.45, 7) is 4.41. The van der Waals surface area contributed by atoms with Crippen molar-refractivity contribution >= 4 is 5.82 Å². The lowest BCUT2D eigenvalue weighted by atomic mass is 10.1. The maximum absolute atomic E-state index is 5.25. The van der Waals surface area contributed by atoms with Crippen molar-refractivity contribution in [2.75, 3.05) is 12.4 Å². The molecule has 16 heavy (non-hydrogen) atoms. The molecule has 1 aromatic rings. The number of ether oxygens (including phenoxy) is 1. The van der Waals surface area contributed by atoms with E-state index < -0.39 is 0 Å². The predicted octanol–water partition coefficient (Wildman–Crippen LogP) is 3.47. The number of nitrogens with one attached hydrogen (secondary N) is 1. The van der Waals surface area contributed by atoms with E-state index in [1.807, 2.05) is 12.1 Å². The van der Waals surface area contributed by atoms with Crippen LogP contribution in [-0.2, 0) is 0 Å². The number of hydrogen-bond acceptors (Lipinski definition) is 3. The number of nitrogens with zero attached hydrogens (tertiary/aromatic N) is 1. The van der Waals surface area contributed by atoms with Crippen LogP contribution in [0.15, 0.2) is 18.3 Å². The van der Waals surface area contributed by atoms with Crippen LogP contribution in [0.5, 0.6) is 5.75 Å². The summed E-state index contributed by atoms with van der Waals surface area (Å²) in [5, 5.41) is 3.38. The lowest BCUT2D eigenvalue weighted by Crippen LogP contribution is -2.16. The Hall–Kier alpha value is -1.25. The van der Waals surface area contributed by atoms with E-state index >= 15 is 0 Å². The van der Waals surface area contributed by atoms with Crippen molar-refractivity contribution in [3.8, 4) is 5.75 Å². The summed E-state index contributed by atoms with van der Waals surface area (Å²) in [7, 11) is 1.67. The fourth-order valence-electron chi connectivity index (χ4n) is 1.67. The maximum Gasteiger partial charge on any atom is 0.168 e. The van der Waals surface area contributed by atoms with Gasteiger partial charge in [-0.05, 0) is 25.5 Å². The van der Waals surface area contributed by atoms with Crippen LogP contribution in [0.4, 0.5) is 5.82 Å². The van der Waals surface area contributed by atoms with E-state index in [0.29, 0.717) is 6.04 Å². The summed E-state index contributed by atoms with van der Waals surface area (Å²) >= 11 is 0. The molecule has 0 spiro atoms. The molecule has 1 N–H and O–H groups in total. The molecule has 1 rings (SSSR count). The Labute approximate surface area is 98.2 Å². The van der Waals surface area contributed by atoms with Gasteiger partial charge in [-0.25, -0.2) is 4.98 Å². The second-order valence-electron chi connectivity index (χ2n) is 4.10. The highest BCUT2D eigenvalue weighted by molar-refractivity contribution is 5.49. The van der Waals surface area contributed by atoms with Crippen molar-refractivity contribution in [1.82, 2.24) is 4.98 Å². The predicted molar refractivity (Wildman–Crippen MR) is 68.0 cm³/mol. The monoisotopic (exact) mass is 222 g/mol. The molecule has 0 aliphatic carbocycles. The minimum absolute atomic E-state index is 0.440. The van der Waals surface area contributed by atoms with Crippen LogP contribution in [0, 0.1) is 0 Å². The SMILES string of the molecule is CCCCCC(C)Nc1ncccc1OC. The van der Waals surface area contributed by atoms with Gasteiger partial charge in [0, 0.05) is 12.2 Å². The smallest absolute Gasteiger partial charge is 0.168 e. The molecular formula is C13H22N2O. The highest BCUT2D eigenvalue weighted by atomic mass is 16.5. The number of aromatic nitrogens is 1. The Balaban J connectivity index is 2.45. The number of hydrogen-bond donors (Lipinski definition) is 1. The van der Waals surface area contributed by atoms with Crippen molar-refractivity contribution in [1.29, 1.82) is 0 Å². The van der Waals surface area contributed by atoms with Gasteiger partial charge in [-0.1, -0.05) is 26.2 Å². The van der Waals surface area contributed by atoms with Crippen molar-refractivity contribution in [3.05, 3.63) is 18.3 Å². The second-order valence-corrected chi connectivity index (χ2v) is 4.10. The normalized spacial score (nSPS) is 12.2. The largest absolute Gasteiger partial charge is 0.493 e. The zero-order chi connectivity index (χ0) is 11.8. The van der Waals surface area contributed by atoms with E-state index in [-0.39, 0.29) is 0 Å². The molecule has 3 nitrogen and oxygen atoms in total. The lowest BCUT2D eigenvalue weighted by Gasteiger charge is -2.16. The van der Waals surface area contributed by atoms with E-state index in [1.54, 1.807) is 13.3 Å². The van der Waals surface area contributed by atoms with Gasteiger partial charge in [0.1, 0.15) is 0 Å². The molecule has 0 fully saturated rings. The van der Waals surface area contributed by atoms with Crippen LogP contribution in [-0.4, -0.2) is 18.1 Å². The molecule has 3 heteroatoms. The Morgan fingerprint density at radius 3 is 2.94 bits per heavy atom. The molecule has 0 saturated heterocycles. The van der Waals surface area contributed by atoms with Crippen LogP contribution in [0.3, 0.4) is 0 Å². The summed E-state index contributed by atoms with van der Waals surface area (Å²) in [6.07, 6.45) is 6.78. The third-order valence-corrected chi connectivity index (χ3v) is 2.61. The Kier molecular flexibility index (Phi) is 5.68. The summed E-state index contributed by atoms with van der Waals surface area (Å²) < 4.78 is 5.25. The van der Waals surface area contributed by atoms with Crippen molar-refractivity contribution in [2.24, 2.45) is 0 Å². The molecule has 0 amide bonds. The standard InChI is InChI=1S/C13H22N2O/c1-4-5-6-8-11(2)15-13-12(16-3)9-7-10-14-13/h7,9-11H,4-6,8H2,1-3H3,(H,14,15). The molecule has 0 aliphatic heterocycles. The molecule has 0 aliphatic rings. The molecule has 1 aromatic heterocycles. The van der Waals surface area contributed by atoms with E-state index in [0.717, 1.165) is 11.6 Å². The molecule has 1 unspecified atom stereocenters. The zero-order valence-electron chi connectivity index (χ0n) is 10.5. The van der Waals surface area contributed by atoms with Gasteiger partial charge in [0.2, 0.25) is 0 Å². The van der Waals surface area contributed by atoms with Crippen LogP contribution in [0.1, 0.15) is 39.5 Å². The van der Waals surface area contributed by atoms with Gasteiger partial charge in [0.25, 0.3) is 0 Å². The summed E-state index contributed by atoms with van der Waals surface area (Å²) in [5.74, 6) is 1.65. The number of rotatable bonds is 7. The lowest BCUT2D eigenvalue weighted by molar-refractivity contribution is 0.414. The topological polar surface area (TPSA) is 34.2 Å². The molecule has 0 aromatic carbocycles. The first-order valence-corrected chi connectivity index (χ1v) is 6.03. The minimum atomic E-state index is 0.440. The molecule has 90 valence electrons. The molecule has 0 radical (unpaired) electrons. The average Bonchev–Trinajstić information content (AvgIpc) is 2.30. The van der Waals surface area contributed by atoms with Gasteiger partial charge in [-0.2, -0.15) is 0 Å². The first kappa shape index (κ1) is 12.8. The maximum atomic E-state index is 5.25. The molecule has 1 atom stereocenters. The highest BCUT2D eigenvalue weighted by Crippen LogP contribution is 2.21. The summed E-state index contributed by atoms with van der Waals surface area (Å²) in [6, 6.07) is 4.25. The molecule has 0 saturated carbocycles. The van der Waals surface area contributed by atoms with Gasteiger partial charge >= 0.3 is 0 Å². The van der Waals surface area contributed by atoms with Crippen LogP contribution >= 0.6 is 0 Å². The third-order valence-electron chi connectivity index (χ3n) is 2.61. The van der Waals surface area contributed by atoms with E-state index in [4.69, 9.17) is 4.74 Å². The molecule has 0 bridgehead atoms. The number of pyridine rings is 1. The van der Waals surface area contributed by atoms with E-state index in [1.165, 1.54) is 25.7 Å². The Morgan fingerprint density at radius 1 is 1.44 bits per heavy atom. The van der Waals surface area contributed by atoms with Gasteiger partial charge in [-0.3, -0.25) is 0 Å². The van der Waals surface area contributed by atoms with Crippen LogP contribution < -0.4 is 10.1 Å². The summed E-state index contributed by atoms with van der Waals surface area (Å²) in [5.41, 5.74) is 0. The fourth-order valence-corrected chi connectivity index (χ4v) is 1.67. The first-order chi connectivity index (χ1) is 7.77. The van der Waals surface area contributed by atoms with Gasteiger partial charge in [-0.15, -0.1) is 0 Å². The molecular weight excluding hydrogens is 200 g/mol. The highest BCUT2D eigenvalue weighted by Gasteiger charge is 2.06. The van der Waals surface area contributed by atoms with Crippen LogP contribution in [0.2, 0.25) is 0 Å². The van der Waals surface area contributed by atoms with Gasteiger partial charge in [0.05, 0.1) is 7.11 Å². The number of unbranched alkanes of at least 4 members (excludes halogenated alkanes) is 2. The first-order valence-electron chi connectivity index (χ1n) is 6.03. The quantitative estimate of drug-likeness (QED) is 0.717.